The van der Waals surface area contributed by atoms with Crippen LogP contribution in [0.3, 0.4) is 0 Å². The van der Waals surface area contributed by atoms with Crippen molar-refractivity contribution in [3.8, 4) is 0 Å². The summed E-state index contributed by atoms with van der Waals surface area (Å²) in [7, 11) is -3.92. The number of hydrogen-bond donors (Lipinski definition) is 3. The molecule has 8 heteroatoms. The molecule has 1 heterocycles. The Balaban J connectivity index is 2.20. The number of anilines is 1. The molecule has 19 heavy (non-hydrogen) atoms. The lowest BCUT2D eigenvalue weighted by Crippen LogP contribution is -2.37. The summed E-state index contributed by atoms with van der Waals surface area (Å²) < 4.78 is 22.7. The molecular formula is C11H13N3O4S. The van der Waals surface area contributed by atoms with E-state index in [1.165, 1.54) is 18.2 Å². The van der Waals surface area contributed by atoms with Crippen LogP contribution in [-0.2, 0) is 19.6 Å². The summed E-state index contributed by atoms with van der Waals surface area (Å²) in [5.41, 5.74) is 0.108. The van der Waals surface area contributed by atoms with Crippen molar-refractivity contribution in [1.82, 2.24) is 5.32 Å². The summed E-state index contributed by atoms with van der Waals surface area (Å²) in [6, 6.07) is 5.19. The SMILES string of the molecule is NS(=O)(=O)c1ccccc1NC(=O)C1CCC(=O)N1. The van der Waals surface area contributed by atoms with Gasteiger partial charge in [-0.25, -0.2) is 13.6 Å². The third-order valence-corrected chi connectivity index (χ3v) is 3.73. The predicted octanol–water partition coefficient (Wildman–Crippen LogP) is -0.449. The van der Waals surface area contributed by atoms with E-state index >= 15 is 0 Å². The summed E-state index contributed by atoms with van der Waals surface area (Å²) in [4.78, 5) is 22.7. The zero-order valence-electron chi connectivity index (χ0n) is 9.92. The standard InChI is InChI=1S/C11H13N3O4S/c12-19(17,18)9-4-2-1-3-7(9)14-11(16)8-5-6-10(15)13-8/h1-4,8H,5-6H2,(H,13,15)(H,14,16)(H2,12,17,18). The number of amides is 2. The molecule has 0 radical (unpaired) electrons. The van der Waals surface area contributed by atoms with Gasteiger partial charge in [0.25, 0.3) is 0 Å². The lowest BCUT2D eigenvalue weighted by molar-refractivity contribution is -0.122. The second-order valence-electron chi connectivity index (χ2n) is 4.19. The number of primary sulfonamides is 1. The van der Waals surface area contributed by atoms with Crippen molar-refractivity contribution < 1.29 is 18.0 Å². The highest BCUT2D eigenvalue weighted by atomic mass is 32.2. The van der Waals surface area contributed by atoms with Gasteiger partial charge in [0.2, 0.25) is 21.8 Å². The van der Waals surface area contributed by atoms with Gasteiger partial charge in [0.1, 0.15) is 10.9 Å². The lowest BCUT2D eigenvalue weighted by Gasteiger charge is -2.13. The van der Waals surface area contributed by atoms with Crippen molar-refractivity contribution in [3.63, 3.8) is 0 Å². The molecule has 0 aliphatic carbocycles. The average Bonchev–Trinajstić information content (AvgIpc) is 2.75. The first kappa shape index (κ1) is 13.5. The van der Waals surface area contributed by atoms with E-state index < -0.39 is 22.0 Å². The van der Waals surface area contributed by atoms with E-state index in [1.807, 2.05) is 0 Å². The fourth-order valence-electron chi connectivity index (χ4n) is 1.85. The molecule has 4 N–H and O–H groups in total. The molecule has 1 saturated heterocycles. The minimum absolute atomic E-state index is 0.108. The van der Waals surface area contributed by atoms with Crippen molar-refractivity contribution in [3.05, 3.63) is 24.3 Å². The van der Waals surface area contributed by atoms with Crippen LogP contribution in [0.2, 0.25) is 0 Å². The van der Waals surface area contributed by atoms with Gasteiger partial charge in [-0.05, 0) is 18.6 Å². The molecular weight excluding hydrogens is 270 g/mol. The molecule has 0 saturated carbocycles. The van der Waals surface area contributed by atoms with Gasteiger partial charge in [-0.1, -0.05) is 12.1 Å². The Bertz CT molecular complexity index is 627. The molecule has 0 bridgehead atoms. The van der Waals surface area contributed by atoms with E-state index in [-0.39, 0.29) is 22.9 Å². The van der Waals surface area contributed by atoms with Gasteiger partial charge in [0.15, 0.2) is 0 Å². The number of carbonyl (C=O) groups excluding carboxylic acids is 2. The summed E-state index contributed by atoms with van der Waals surface area (Å²) in [6.45, 7) is 0. The molecule has 1 unspecified atom stereocenters. The van der Waals surface area contributed by atoms with Crippen molar-refractivity contribution in [2.75, 3.05) is 5.32 Å². The average molecular weight is 283 g/mol. The number of nitrogens with one attached hydrogen (secondary N) is 2. The molecule has 1 aromatic carbocycles. The number of rotatable bonds is 3. The highest BCUT2D eigenvalue weighted by Gasteiger charge is 2.28. The van der Waals surface area contributed by atoms with E-state index in [0.717, 1.165) is 0 Å². The first-order chi connectivity index (χ1) is 8.88. The number of hydrogen-bond acceptors (Lipinski definition) is 4. The third kappa shape index (κ3) is 3.09. The summed E-state index contributed by atoms with van der Waals surface area (Å²) in [5.74, 6) is -0.651. The highest BCUT2D eigenvalue weighted by molar-refractivity contribution is 7.89. The smallest absolute Gasteiger partial charge is 0.246 e. The zero-order chi connectivity index (χ0) is 14.0. The molecule has 0 spiro atoms. The van der Waals surface area contributed by atoms with Crippen LogP contribution in [0, 0.1) is 0 Å². The fraction of sp³-hybridized carbons (Fsp3) is 0.273. The van der Waals surface area contributed by atoms with Gasteiger partial charge in [0, 0.05) is 6.42 Å². The molecule has 1 atom stereocenters. The van der Waals surface area contributed by atoms with Gasteiger partial charge in [-0.2, -0.15) is 0 Å². The Labute approximate surface area is 110 Å². The Morgan fingerprint density at radius 2 is 2.05 bits per heavy atom. The Hall–Kier alpha value is -1.93. The quantitative estimate of drug-likeness (QED) is 0.696. The molecule has 1 fully saturated rings. The van der Waals surface area contributed by atoms with E-state index in [0.29, 0.717) is 6.42 Å². The van der Waals surface area contributed by atoms with Crippen LogP contribution >= 0.6 is 0 Å². The first-order valence-corrected chi connectivity index (χ1v) is 7.14. The summed E-state index contributed by atoms with van der Waals surface area (Å²) in [6.07, 6.45) is 0.678. The highest BCUT2D eigenvalue weighted by Crippen LogP contribution is 2.20. The second kappa shape index (κ2) is 4.98. The van der Waals surface area contributed by atoms with Crippen molar-refractivity contribution in [2.45, 2.75) is 23.8 Å². The Kier molecular flexibility index (Phi) is 3.54. The number of para-hydroxylation sites is 1. The molecule has 1 aliphatic rings. The van der Waals surface area contributed by atoms with E-state index in [4.69, 9.17) is 5.14 Å². The van der Waals surface area contributed by atoms with Gasteiger partial charge < -0.3 is 10.6 Å². The fourth-order valence-corrected chi connectivity index (χ4v) is 2.54. The van der Waals surface area contributed by atoms with Crippen LogP contribution in [0.15, 0.2) is 29.2 Å². The second-order valence-corrected chi connectivity index (χ2v) is 5.72. The van der Waals surface area contributed by atoms with Crippen LogP contribution < -0.4 is 15.8 Å². The minimum atomic E-state index is -3.92. The van der Waals surface area contributed by atoms with Gasteiger partial charge >= 0.3 is 0 Å². The normalized spacial score (nSPS) is 19.0. The van der Waals surface area contributed by atoms with Gasteiger partial charge in [-0.3, -0.25) is 9.59 Å². The number of sulfonamides is 1. The van der Waals surface area contributed by atoms with Crippen molar-refractivity contribution >= 4 is 27.5 Å². The molecule has 7 nitrogen and oxygen atoms in total. The molecule has 1 aromatic rings. The van der Waals surface area contributed by atoms with E-state index in [9.17, 15) is 18.0 Å². The number of carbonyl (C=O) groups is 2. The van der Waals surface area contributed by atoms with E-state index in [1.54, 1.807) is 6.07 Å². The zero-order valence-corrected chi connectivity index (χ0v) is 10.7. The van der Waals surface area contributed by atoms with Gasteiger partial charge in [-0.15, -0.1) is 0 Å². The number of benzene rings is 1. The molecule has 102 valence electrons. The lowest BCUT2D eigenvalue weighted by atomic mass is 10.2. The van der Waals surface area contributed by atoms with Crippen LogP contribution in [-0.4, -0.2) is 26.3 Å². The monoisotopic (exact) mass is 283 g/mol. The molecule has 0 aromatic heterocycles. The predicted molar refractivity (Wildman–Crippen MR) is 67.6 cm³/mol. The molecule has 1 aliphatic heterocycles. The topological polar surface area (TPSA) is 118 Å². The Morgan fingerprint density at radius 3 is 2.63 bits per heavy atom. The van der Waals surface area contributed by atoms with Gasteiger partial charge in [0.05, 0.1) is 5.69 Å². The minimum Gasteiger partial charge on any atom is -0.344 e. The van der Waals surface area contributed by atoms with Crippen LogP contribution in [0.4, 0.5) is 5.69 Å². The summed E-state index contributed by atoms with van der Waals surface area (Å²) >= 11 is 0. The molecule has 2 rings (SSSR count). The maximum atomic E-state index is 11.9. The largest absolute Gasteiger partial charge is 0.344 e. The first-order valence-electron chi connectivity index (χ1n) is 5.60. The maximum absolute atomic E-state index is 11.9. The molecule has 2 amide bonds. The summed E-state index contributed by atoms with van der Waals surface area (Å²) in [5, 5.41) is 10.0. The van der Waals surface area contributed by atoms with Crippen molar-refractivity contribution in [2.24, 2.45) is 5.14 Å². The van der Waals surface area contributed by atoms with Crippen LogP contribution in [0.1, 0.15) is 12.8 Å². The van der Waals surface area contributed by atoms with E-state index in [2.05, 4.69) is 10.6 Å². The van der Waals surface area contributed by atoms with Crippen molar-refractivity contribution in [1.29, 1.82) is 0 Å². The van der Waals surface area contributed by atoms with Crippen LogP contribution in [0.5, 0.6) is 0 Å². The third-order valence-electron chi connectivity index (χ3n) is 2.76. The number of nitrogens with two attached hydrogens (primary N) is 1. The Morgan fingerprint density at radius 1 is 1.37 bits per heavy atom. The van der Waals surface area contributed by atoms with Crippen LogP contribution in [0.25, 0.3) is 0 Å². The maximum Gasteiger partial charge on any atom is 0.246 e.